The number of carbonyl (C=O) groups excluding carboxylic acids is 1. The molecule has 174 valence electrons. The number of carbonyl (C=O) groups is 1. The van der Waals surface area contributed by atoms with Crippen LogP contribution in [0.4, 0.5) is 5.82 Å². The summed E-state index contributed by atoms with van der Waals surface area (Å²) >= 11 is 7.01. The molecular weight excluding hydrogens is 476 g/mol. The zero-order chi connectivity index (χ0) is 24.1. The molecule has 4 rings (SSSR count). The highest BCUT2D eigenvalue weighted by molar-refractivity contribution is 7.99. The first-order valence-electron chi connectivity index (χ1n) is 10.2. The Morgan fingerprint density at radius 3 is 2.62 bits per heavy atom. The summed E-state index contributed by atoms with van der Waals surface area (Å²) < 4.78 is 12.2. The molecule has 0 atom stereocenters. The monoisotopic (exact) mass is 496 g/mol. The number of halogens is 1. The van der Waals surface area contributed by atoms with Crippen molar-refractivity contribution in [3.05, 3.63) is 81.7 Å². The summed E-state index contributed by atoms with van der Waals surface area (Å²) in [6, 6.07) is 15.8. The molecule has 0 aliphatic rings. The van der Waals surface area contributed by atoms with Gasteiger partial charge in [-0.05, 0) is 42.0 Å². The van der Waals surface area contributed by atoms with Gasteiger partial charge in [0.05, 0.1) is 42.4 Å². The third kappa shape index (κ3) is 5.32. The first kappa shape index (κ1) is 23.6. The van der Waals surface area contributed by atoms with Crippen LogP contribution in [0.2, 0.25) is 5.02 Å². The highest BCUT2D eigenvalue weighted by Crippen LogP contribution is 2.28. The van der Waals surface area contributed by atoms with Crippen LogP contribution in [-0.2, 0) is 11.3 Å². The van der Waals surface area contributed by atoms with Gasteiger partial charge in [-0.2, -0.15) is 0 Å². The number of thioether (sulfide) groups is 1. The lowest BCUT2D eigenvalue weighted by atomic mass is 10.2. The lowest BCUT2D eigenvalue weighted by Crippen LogP contribution is -2.25. The molecule has 0 fully saturated rings. The number of rotatable bonds is 8. The fourth-order valence-electron chi connectivity index (χ4n) is 3.32. The van der Waals surface area contributed by atoms with Crippen LogP contribution in [0.1, 0.15) is 5.56 Å². The molecule has 1 N–H and O–H groups in total. The molecule has 2 aromatic carbocycles. The number of ether oxygens (including phenoxy) is 2. The standard InChI is InChI=1S/C24H21ClN4O4S/c1-32-19-9-7-15(11-20(19)33-2)13-29-23(31)17-5-3-4-6-18(17)27-24(29)34-14-22(30)28-21-10-8-16(25)12-26-21/h3-12H,13-14H2,1-2H3,(H,26,28,30). The third-order valence-corrected chi connectivity index (χ3v) is 6.14. The zero-order valence-corrected chi connectivity index (χ0v) is 20.0. The van der Waals surface area contributed by atoms with Crippen molar-refractivity contribution >= 4 is 46.0 Å². The topological polar surface area (TPSA) is 95.3 Å². The van der Waals surface area contributed by atoms with Crippen molar-refractivity contribution in [2.75, 3.05) is 25.3 Å². The van der Waals surface area contributed by atoms with Crippen LogP contribution in [-0.4, -0.2) is 40.4 Å². The average molecular weight is 497 g/mol. The van der Waals surface area contributed by atoms with E-state index in [2.05, 4.69) is 15.3 Å². The molecule has 0 aliphatic heterocycles. The van der Waals surface area contributed by atoms with E-state index in [9.17, 15) is 9.59 Å². The highest BCUT2D eigenvalue weighted by atomic mass is 35.5. The van der Waals surface area contributed by atoms with Crippen molar-refractivity contribution in [3.8, 4) is 11.5 Å². The van der Waals surface area contributed by atoms with Crippen molar-refractivity contribution in [2.45, 2.75) is 11.7 Å². The van der Waals surface area contributed by atoms with Crippen molar-refractivity contribution in [2.24, 2.45) is 0 Å². The zero-order valence-electron chi connectivity index (χ0n) is 18.4. The van der Waals surface area contributed by atoms with Crippen LogP contribution in [0.25, 0.3) is 10.9 Å². The van der Waals surface area contributed by atoms with Gasteiger partial charge < -0.3 is 14.8 Å². The average Bonchev–Trinajstić information content (AvgIpc) is 2.86. The molecule has 34 heavy (non-hydrogen) atoms. The summed E-state index contributed by atoms with van der Waals surface area (Å²) in [5.41, 5.74) is 1.20. The number of aromatic nitrogens is 3. The van der Waals surface area contributed by atoms with Crippen molar-refractivity contribution in [1.82, 2.24) is 14.5 Å². The molecule has 0 saturated heterocycles. The normalized spacial score (nSPS) is 10.8. The largest absolute Gasteiger partial charge is 0.493 e. The molecular formula is C24H21ClN4O4S. The fourth-order valence-corrected chi connectivity index (χ4v) is 4.23. The predicted octanol–water partition coefficient (Wildman–Crippen LogP) is 4.24. The number of methoxy groups -OCH3 is 2. The first-order chi connectivity index (χ1) is 16.5. The van der Waals surface area contributed by atoms with E-state index in [1.807, 2.05) is 18.2 Å². The van der Waals surface area contributed by atoms with Gasteiger partial charge in [-0.15, -0.1) is 0 Å². The van der Waals surface area contributed by atoms with Gasteiger partial charge >= 0.3 is 0 Å². The van der Waals surface area contributed by atoms with Gasteiger partial charge in [0, 0.05) is 6.20 Å². The number of hydrogen-bond donors (Lipinski definition) is 1. The number of nitrogens with zero attached hydrogens (tertiary/aromatic N) is 3. The molecule has 0 aliphatic carbocycles. The second kappa shape index (κ2) is 10.6. The van der Waals surface area contributed by atoms with E-state index in [0.29, 0.717) is 38.4 Å². The van der Waals surface area contributed by atoms with Crippen LogP contribution < -0.4 is 20.3 Å². The molecule has 0 unspecified atom stereocenters. The Bertz CT molecular complexity index is 1390. The minimum Gasteiger partial charge on any atom is -0.493 e. The number of para-hydroxylation sites is 1. The first-order valence-corrected chi connectivity index (χ1v) is 11.6. The Balaban J connectivity index is 1.63. The van der Waals surface area contributed by atoms with Crippen molar-refractivity contribution < 1.29 is 14.3 Å². The van der Waals surface area contributed by atoms with E-state index in [-0.39, 0.29) is 23.8 Å². The van der Waals surface area contributed by atoms with E-state index >= 15 is 0 Å². The van der Waals surface area contributed by atoms with E-state index in [4.69, 9.17) is 21.1 Å². The van der Waals surface area contributed by atoms with E-state index in [0.717, 1.165) is 5.56 Å². The maximum atomic E-state index is 13.3. The maximum Gasteiger partial charge on any atom is 0.262 e. The Kier molecular flexibility index (Phi) is 7.34. The minimum atomic E-state index is -0.278. The molecule has 8 nitrogen and oxygen atoms in total. The quantitative estimate of drug-likeness (QED) is 0.288. The third-order valence-electron chi connectivity index (χ3n) is 4.94. The predicted molar refractivity (Wildman–Crippen MR) is 133 cm³/mol. The lowest BCUT2D eigenvalue weighted by molar-refractivity contribution is -0.113. The van der Waals surface area contributed by atoms with Crippen LogP contribution >= 0.6 is 23.4 Å². The second-order valence-corrected chi connectivity index (χ2v) is 8.57. The van der Waals surface area contributed by atoms with Crippen LogP contribution in [0.3, 0.4) is 0 Å². The van der Waals surface area contributed by atoms with Gasteiger partial charge in [0.25, 0.3) is 5.56 Å². The summed E-state index contributed by atoms with van der Waals surface area (Å²) in [6.07, 6.45) is 1.45. The molecule has 0 bridgehead atoms. The Morgan fingerprint density at radius 1 is 1.09 bits per heavy atom. The van der Waals surface area contributed by atoms with E-state index in [1.165, 1.54) is 18.0 Å². The van der Waals surface area contributed by atoms with E-state index < -0.39 is 0 Å². The van der Waals surface area contributed by atoms with Gasteiger partial charge in [-0.25, -0.2) is 9.97 Å². The maximum absolute atomic E-state index is 13.3. The highest BCUT2D eigenvalue weighted by Gasteiger charge is 2.15. The van der Waals surface area contributed by atoms with E-state index in [1.54, 1.807) is 55.2 Å². The molecule has 4 aromatic rings. The van der Waals surface area contributed by atoms with Gasteiger partial charge in [0.2, 0.25) is 5.91 Å². The molecule has 0 spiro atoms. The van der Waals surface area contributed by atoms with Gasteiger partial charge in [-0.3, -0.25) is 14.2 Å². The summed E-state index contributed by atoms with van der Waals surface area (Å²) in [6.45, 7) is 0.250. The number of amides is 1. The van der Waals surface area contributed by atoms with Crippen LogP contribution in [0, 0.1) is 0 Å². The summed E-state index contributed by atoms with van der Waals surface area (Å²) in [4.78, 5) is 34.5. The fraction of sp³-hybridized carbons (Fsp3) is 0.167. The summed E-state index contributed by atoms with van der Waals surface area (Å²) in [5, 5.41) is 4.12. The van der Waals surface area contributed by atoms with Gasteiger partial charge in [0.1, 0.15) is 5.82 Å². The molecule has 0 saturated carbocycles. The Hall–Kier alpha value is -3.56. The minimum absolute atomic E-state index is 0.0427. The van der Waals surface area contributed by atoms with Crippen molar-refractivity contribution in [3.63, 3.8) is 0 Å². The van der Waals surface area contributed by atoms with Crippen LogP contribution in [0.5, 0.6) is 11.5 Å². The molecule has 0 radical (unpaired) electrons. The Labute approximate surface area is 204 Å². The van der Waals surface area contributed by atoms with Crippen molar-refractivity contribution in [1.29, 1.82) is 0 Å². The molecule has 10 heteroatoms. The number of benzene rings is 2. The molecule has 2 heterocycles. The van der Waals surface area contributed by atoms with Crippen LogP contribution in [0.15, 0.2) is 70.7 Å². The lowest BCUT2D eigenvalue weighted by Gasteiger charge is -2.15. The number of fused-ring (bicyclic) bond motifs is 1. The molecule has 1 amide bonds. The summed E-state index contributed by atoms with van der Waals surface area (Å²) in [7, 11) is 3.12. The second-order valence-electron chi connectivity index (χ2n) is 7.19. The number of pyridine rings is 1. The smallest absolute Gasteiger partial charge is 0.262 e. The number of nitrogens with one attached hydrogen (secondary N) is 1. The molecule has 2 aromatic heterocycles. The summed E-state index contributed by atoms with van der Waals surface area (Å²) in [5.74, 6) is 1.31. The van der Waals surface area contributed by atoms with Gasteiger partial charge in [0.15, 0.2) is 16.7 Å². The number of anilines is 1. The van der Waals surface area contributed by atoms with Gasteiger partial charge in [-0.1, -0.05) is 41.6 Å². The number of hydrogen-bond acceptors (Lipinski definition) is 7. The SMILES string of the molecule is COc1ccc(Cn2c(SCC(=O)Nc3ccc(Cl)cn3)nc3ccccc3c2=O)cc1OC. The Morgan fingerprint density at radius 2 is 1.88 bits per heavy atom.